The molecule has 2 heteroatoms. The normalized spacial score (nSPS) is 13.6. The van der Waals surface area contributed by atoms with Gasteiger partial charge >= 0.3 is 0 Å². The molecule has 0 spiro atoms. The number of carbonyl (C=O) groups is 1. The zero-order chi connectivity index (χ0) is 8.55. The molecule has 0 unspecified atom stereocenters. The van der Waals surface area contributed by atoms with Crippen molar-refractivity contribution >= 4 is 11.5 Å². The third-order valence-electron chi connectivity index (χ3n) is 1.75. The molecule has 1 aliphatic rings. The Hall–Kier alpha value is -1.88. The van der Waals surface area contributed by atoms with Crippen LogP contribution < -0.4 is 10.6 Å². The molecule has 2 rings (SSSR count). The first kappa shape index (κ1) is 6.81. The second-order valence-electron chi connectivity index (χ2n) is 2.45. The molecule has 0 aromatic heterocycles. The SMILES string of the molecule is C#CC1=c2ccccc2=NC1=O. The van der Waals surface area contributed by atoms with Crippen molar-refractivity contribution in [2.75, 3.05) is 0 Å². The number of benzene rings is 1. The summed E-state index contributed by atoms with van der Waals surface area (Å²) in [5, 5.41) is 1.44. The highest BCUT2D eigenvalue weighted by Gasteiger charge is 2.12. The van der Waals surface area contributed by atoms with Crippen molar-refractivity contribution in [3.63, 3.8) is 0 Å². The van der Waals surface area contributed by atoms with Gasteiger partial charge in [-0.25, -0.2) is 4.99 Å². The molecule has 0 radical (unpaired) electrons. The van der Waals surface area contributed by atoms with Crippen molar-refractivity contribution in [1.29, 1.82) is 0 Å². The van der Waals surface area contributed by atoms with Crippen LogP contribution >= 0.6 is 0 Å². The summed E-state index contributed by atoms with van der Waals surface area (Å²) in [5.41, 5.74) is 0.366. The first-order chi connectivity index (χ1) is 5.83. The first-order valence-corrected chi connectivity index (χ1v) is 3.52. The molecular formula is C10H5NO. The van der Waals surface area contributed by atoms with Gasteiger partial charge in [-0.15, -0.1) is 6.42 Å². The molecular weight excluding hydrogens is 150 g/mol. The van der Waals surface area contributed by atoms with E-state index in [0.717, 1.165) is 5.22 Å². The van der Waals surface area contributed by atoms with Crippen LogP contribution in [0, 0.1) is 12.3 Å². The molecule has 1 amide bonds. The Balaban J connectivity index is 3.00. The monoisotopic (exact) mass is 155 g/mol. The van der Waals surface area contributed by atoms with Crippen molar-refractivity contribution in [2.45, 2.75) is 0 Å². The predicted octanol–water partition coefficient (Wildman–Crippen LogP) is -0.370. The Labute approximate surface area is 69.3 Å². The molecule has 1 aromatic carbocycles. The summed E-state index contributed by atoms with van der Waals surface area (Å²) in [7, 11) is 0. The van der Waals surface area contributed by atoms with E-state index in [1.54, 1.807) is 12.1 Å². The lowest BCUT2D eigenvalue weighted by molar-refractivity contribution is -0.112. The highest BCUT2D eigenvalue weighted by atomic mass is 16.1. The van der Waals surface area contributed by atoms with E-state index >= 15 is 0 Å². The number of amides is 1. The van der Waals surface area contributed by atoms with Gasteiger partial charge in [0.05, 0.1) is 5.36 Å². The Morgan fingerprint density at radius 3 is 2.83 bits per heavy atom. The first-order valence-electron chi connectivity index (χ1n) is 3.52. The van der Waals surface area contributed by atoms with Gasteiger partial charge in [-0.1, -0.05) is 24.1 Å². The second-order valence-corrected chi connectivity index (χ2v) is 2.45. The number of fused-ring (bicyclic) bond motifs is 1. The maximum Gasteiger partial charge on any atom is 0.286 e. The smallest absolute Gasteiger partial charge is 0.266 e. The molecule has 2 nitrogen and oxygen atoms in total. The van der Waals surface area contributed by atoms with Gasteiger partial charge in [0.1, 0.15) is 5.57 Å². The van der Waals surface area contributed by atoms with Gasteiger partial charge in [-0.3, -0.25) is 4.79 Å². The van der Waals surface area contributed by atoms with E-state index in [4.69, 9.17) is 6.42 Å². The molecule has 1 heterocycles. The summed E-state index contributed by atoms with van der Waals surface area (Å²) < 4.78 is 0. The molecule has 0 saturated carbocycles. The molecule has 0 N–H and O–H groups in total. The van der Waals surface area contributed by atoms with E-state index in [0.29, 0.717) is 10.9 Å². The van der Waals surface area contributed by atoms with E-state index in [9.17, 15) is 4.79 Å². The minimum absolute atomic E-state index is 0.307. The minimum Gasteiger partial charge on any atom is -0.266 e. The zero-order valence-electron chi connectivity index (χ0n) is 6.24. The number of rotatable bonds is 0. The highest BCUT2D eigenvalue weighted by Crippen LogP contribution is 1.96. The number of nitrogens with zero attached hydrogens (tertiary/aromatic N) is 1. The van der Waals surface area contributed by atoms with Crippen molar-refractivity contribution in [1.82, 2.24) is 0 Å². The summed E-state index contributed by atoms with van der Waals surface area (Å²) in [5.74, 6) is 2.04. The van der Waals surface area contributed by atoms with Gasteiger partial charge in [0.2, 0.25) is 0 Å². The number of carbonyl (C=O) groups excluding carboxylic acids is 1. The van der Waals surface area contributed by atoms with Gasteiger partial charge in [-0.05, 0) is 6.07 Å². The van der Waals surface area contributed by atoms with Crippen LogP contribution in [0.5, 0.6) is 0 Å². The van der Waals surface area contributed by atoms with Gasteiger partial charge in [0, 0.05) is 5.22 Å². The van der Waals surface area contributed by atoms with Crippen LogP contribution in [0.3, 0.4) is 0 Å². The maximum absolute atomic E-state index is 11.1. The summed E-state index contributed by atoms with van der Waals surface area (Å²) in [6, 6.07) is 7.25. The third kappa shape index (κ3) is 0.770. The lowest BCUT2D eigenvalue weighted by atomic mass is 10.2. The van der Waals surface area contributed by atoms with E-state index in [2.05, 4.69) is 10.9 Å². The lowest BCUT2D eigenvalue weighted by Crippen LogP contribution is -2.21. The molecule has 12 heavy (non-hydrogen) atoms. The van der Waals surface area contributed by atoms with Crippen molar-refractivity contribution < 1.29 is 4.79 Å². The van der Waals surface area contributed by atoms with Crippen LogP contribution in [0.2, 0.25) is 0 Å². The zero-order valence-corrected chi connectivity index (χ0v) is 6.24. The molecule has 56 valence electrons. The highest BCUT2D eigenvalue weighted by molar-refractivity contribution is 6.20. The predicted molar refractivity (Wildman–Crippen MR) is 44.5 cm³/mol. The molecule has 0 saturated heterocycles. The molecule has 0 aliphatic carbocycles. The average Bonchev–Trinajstić information content (AvgIpc) is 2.40. The molecule has 0 bridgehead atoms. The van der Waals surface area contributed by atoms with Crippen LogP contribution in [0.4, 0.5) is 0 Å². The fourth-order valence-electron chi connectivity index (χ4n) is 1.20. The minimum atomic E-state index is -0.307. The Bertz CT molecular complexity index is 505. The van der Waals surface area contributed by atoms with Gasteiger partial charge < -0.3 is 0 Å². The fourth-order valence-corrected chi connectivity index (χ4v) is 1.20. The Kier molecular flexibility index (Phi) is 1.31. The number of hydrogen-bond donors (Lipinski definition) is 0. The van der Waals surface area contributed by atoms with E-state index in [-0.39, 0.29) is 5.91 Å². The number of terminal acetylenes is 1. The third-order valence-corrected chi connectivity index (χ3v) is 1.75. The van der Waals surface area contributed by atoms with Gasteiger partial charge in [0.15, 0.2) is 0 Å². The van der Waals surface area contributed by atoms with E-state index in [1.165, 1.54) is 0 Å². The van der Waals surface area contributed by atoms with E-state index < -0.39 is 0 Å². The van der Waals surface area contributed by atoms with E-state index in [1.807, 2.05) is 12.1 Å². The van der Waals surface area contributed by atoms with Crippen LogP contribution in [-0.2, 0) is 4.79 Å². The maximum atomic E-state index is 11.1. The van der Waals surface area contributed by atoms with Crippen molar-refractivity contribution in [3.05, 3.63) is 34.8 Å². The number of para-hydroxylation sites is 1. The lowest BCUT2D eigenvalue weighted by Gasteiger charge is -1.82. The van der Waals surface area contributed by atoms with Gasteiger partial charge in [-0.2, -0.15) is 0 Å². The van der Waals surface area contributed by atoms with Crippen LogP contribution in [0.1, 0.15) is 0 Å². The van der Waals surface area contributed by atoms with Crippen molar-refractivity contribution in [3.8, 4) is 12.3 Å². The topological polar surface area (TPSA) is 29.4 Å². The summed E-state index contributed by atoms with van der Waals surface area (Å²) in [4.78, 5) is 14.9. The summed E-state index contributed by atoms with van der Waals surface area (Å²) >= 11 is 0. The molecule has 1 aliphatic heterocycles. The van der Waals surface area contributed by atoms with Crippen LogP contribution in [0.25, 0.3) is 5.57 Å². The molecule has 1 aromatic rings. The standard InChI is InChI=1S/C10H5NO/c1-2-7-8-5-3-4-6-9(8)11-10(7)12/h1,3-6H. The molecule has 0 fully saturated rings. The molecule has 0 atom stereocenters. The second kappa shape index (κ2) is 2.31. The average molecular weight is 155 g/mol. The largest absolute Gasteiger partial charge is 0.286 e. The van der Waals surface area contributed by atoms with Gasteiger partial charge in [0.25, 0.3) is 5.91 Å². The quantitative estimate of drug-likeness (QED) is 0.470. The fraction of sp³-hybridized carbons (Fsp3) is 0. The van der Waals surface area contributed by atoms with Crippen LogP contribution in [0.15, 0.2) is 29.3 Å². The van der Waals surface area contributed by atoms with Crippen molar-refractivity contribution in [2.24, 2.45) is 4.99 Å². The number of hydrogen-bond acceptors (Lipinski definition) is 1. The summed E-state index contributed by atoms with van der Waals surface area (Å²) in [6.45, 7) is 0. The summed E-state index contributed by atoms with van der Waals surface area (Å²) in [6.07, 6.45) is 5.17. The van der Waals surface area contributed by atoms with Crippen LogP contribution in [-0.4, -0.2) is 5.91 Å². The Morgan fingerprint density at radius 2 is 2.08 bits per heavy atom. The Morgan fingerprint density at radius 1 is 1.33 bits per heavy atom.